The van der Waals surface area contributed by atoms with Crippen LogP contribution in [-0.2, 0) is 0 Å². The summed E-state index contributed by atoms with van der Waals surface area (Å²) in [6.07, 6.45) is 2.38. The van der Waals surface area contributed by atoms with Crippen molar-refractivity contribution in [2.45, 2.75) is 25.8 Å². The zero-order chi connectivity index (χ0) is 13.8. The van der Waals surface area contributed by atoms with E-state index in [0.29, 0.717) is 6.04 Å². The van der Waals surface area contributed by atoms with Gasteiger partial charge in [0.05, 0.1) is 17.3 Å². The van der Waals surface area contributed by atoms with Gasteiger partial charge in [0, 0.05) is 31.6 Å². The molecule has 1 aromatic heterocycles. The molecule has 0 bridgehead atoms. The maximum Gasteiger partial charge on any atom is 0.0706 e. The molecule has 1 aliphatic rings. The highest BCUT2D eigenvalue weighted by Crippen LogP contribution is 2.26. The first-order valence-electron chi connectivity index (χ1n) is 7.69. The van der Waals surface area contributed by atoms with Crippen molar-refractivity contribution in [2.75, 3.05) is 26.2 Å². The molecule has 1 N–H and O–H groups in total. The second-order valence-corrected chi connectivity index (χ2v) is 5.52. The quantitative estimate of drug-likeness (QED) is 0.925. The molecule has 3 rings (SSSR count). The molecule has 0 saturated carbocycles. The van der Waals surface area contributed by atoms with Gasteiger partial charge in [-0.3, -0.25) is 9.88 Å². The van der Waals surface area contributed by atoms with Crippen LogP contribution in [0.1, 0.15) is 31.5 Å². The first-order valence-corrected chi connectivity index (χ1v) is 7.69. The maximum absolute atomic E-state index is 4.91. The van der Waals surface area contributed by atoms with E-state index in [1.54, 1.807) is 0 Å². The molecule has 2 heterocycles. The summed E-state index contributed by atoms with van der Waals surface area (Å²) in [5, 5.41) is 4.66. The molecule has 0 amide bonds. The number of aromatic nitrogens is 1. The lowest BCUT2D eigenvalue weighted by molar-refractivity contribution is 0.162. The Morgan fingerprint density at radius 1 is 1.15 bits per heavy atom. The average Bonchev–Trinajstić information content (AvgIpc) is 2.53. The third-order valence-corrected chi connectivity index (χ3v) is 4.12. The second kappa shape index (κ2) is 6.33. The molecular formula is C17H23N3. The lowest BCUT2D eigenvalue weighted by Gasteiger charge is -2.34. The van der Waals surface area contributed by atoms with Crippen molar-refractivity contribution in [2.24, 2.45) is 0 Å². The lowest BCUT2D eigenvalue weighted by Crippen LogP contribution is -2.45. The largest absolute Gasteiger partial charge is 0.314 e. The van der Waals surface area contributed by atoms with E-state index in [-0.39, 0.29) is 0 Å². The van der Waals surface area contributed by atoms with Crippen LogP contribution in [-0.4, -0.2) is 36.1 Å². The van der Waals surface area contributed by atoms with Gasteiger partial charge in [0.15, 0.2) is 0 Å². The van der Waals surface area contributed by atoms with Crippen LogP contribution in [0.5, 0.6) is 0 Å². The van der Waals surface area contributed by atoms with E-state index in [1.807, 2.05) is 0 Å². The van der Waals surface area contributed by atoms with Crippen molar-refractivity contribution in [1.82, 2.24) is 15.2 Å². The Labute approximate surface area is 121 Å². The molecule has 3 nitrogen and oxygen atoms in total. The van der Waals surface area contributed by atoms with Crippen LogP contribution >= 0.6 is 0 Å². The van der Waals surface area contributed by atoms with Gasteiger partial charge in [0.25, 0.3) is 0 Å². The van der Waals surface area contributed by atoms with Gasteiger partial charge in [-0.1, -0.05) is 37.6 Å². The van der Waals surface area contributed by atoms with E-state index in [1.165, 1.54) is 23.9 Å². The fourth-order valence-electron chi connectivity index (χ4n) is 3.05. The predicted molar refractivity (Wildman–Crippen MR) is 83.8 cm³/mol. The molecule has 2 aromatic rings. The van der Waals surface area contributed by atoms with Crippen molar-refractivity contribution in [3.05, 3.63) is 42.1 Å². The highest BCUT2D eigenvalue weighted by atomic mass is 15.2. The van der Waals surface area contributed by atoms with E-state index in [0.717, 1.165) is 31.7 Å². The second-order valence-electron chi connectivity index (χ2n) is 5.52. The summed E-state index contributed by atoms with van der Waals surface area (Å²) in [5.41, 5.74) is 2.34. The Bertz CT molecular complexity index is 561. The number of hydrogen-bond donors (Lipinski definition) is 1. The van der Waals surface area contributed by atoms with E-state index >= 15 is 0 Å². The van der Waals surface area contributed by atoms with E-state index in [2.05, 4.69) is 53.5 Å². The van der Waals surface area contributed by atoms with Crippen LogP contribution in [0, 0.1) is 0 Å². The summed E-state index contributed by atoms with van der Waals surface area (Å²) in [4.78, 5) is 7.49. The SMILES string of the molecule is CCC[C@@H](c1ccc2ccccc2n1)N1CCNCC1. The van der Waals surface area contributed by atoms with Crippen LogP contribution in [0.4, 0.5) is 0 Å². The van der Waals surface area contributed by atoms with E-state index < -0.39 is 0 Å². The van der Waals surface area contributed by atoms with Gasteiger partial charge in [-0.25, -0.2) is 0 Å². The van der Waals surface area contributed by atoms with Gasteiger partial charge in [0.2, 0.25) is 0 Å². The van der Waals surface area contributed by atoms with Crippen molar-refractivity contribution in [3.8, 4) is 0 Å². The molecule has 20 heavy (non-hydrogen) atoms. The van der Waals surface area contributed by atoms with Crippen LogP contribution < -0.4 is 5.32 Å². The summed E-state index contributed by atoms with van der Waals surface area (Å²) in [6.45, 7) is 6.69. The average molecular weight is 269 g/mol. The van der Waals surface area contributed by atoms with Crippen molar-refractivity contribution >= 4 is 10.9 Å². The minimum absolute atomic E-state index is 0.465. The Balaban J connectivity index is 1.91. The number of hydrogen-bond acceptors (Lipinski definition) is 3. The Kier molecular flexibility index (Phi) is 4.28. The number of para-hydroxylation sites is 1. The van der Waals surface area contributed by atoms with E-state index in [4.69, 9.17) is 4.98 Å². The molecular weight excluding hydrogens is 246 g/mol. The fourth-order valence-corrected chi connectivity index (χ4v) is 3.05. The van der Waals surface area contributed by atoms with Gasteiger partial charge in [-0.2, -0.15) is 0 Å². The standard InChI is InChI=1S/C17H23N3/c1-2-5-17(20-12-10-18-11-13-20)16-9-8-14-6-3-4-7-15(14)19-16/h3-4,6-9,17-18H,2,5,10-13H2,1H3/t17-/m0/s1. The van der Waals surface area contributed by atoms with Gasteiger partial charge in [0.1, 0.15) is 0 Å². The molecule has 3 heteroatoms. The highest BCUT2D eigenvalue weighted by Gasteiger charge is 2.22. The molecule has 1 saturated heterocycles. The van der Waals surface area contributed by atoms with E-state index in [9.17, 15) is 0 Å². The van der Waals surface area contributed by atoms with Gasteiger partial charge in [-0.05, 0) is 18.6 Å². The number of nitrogens with one attached hydrogen (secondary N) is 1. The molecule has 1 fully saturated rings. The Morgan fingerprint density at radius 3 is 2.75 bits per heavy atom. The number of rotatable bonds is 4. The normalized spacial score (nSPS) is 18.2. The first kappa shape index (κ1) is 13.5. The molecule has 0 unspecified atom stereocenters. The molecule has 1 aliphatic heterocycles. The molecule has 0 spiro atoms. The minimum Gasteiger partial charge on any atom is -0.314 e. The Hall–Kier alpha value is -1.45. The van der Waals surface area contributed by atoms with Crippen LogP contribution in [0.2, 0.25) is 0 Å². The smallest absolute Gasteiger partial charge is 0.0706 e. The molecule has 0 aliphatic carbocycles. The highest BCUT2D eigenvalue weighted by molar-refractivity contribution is 5.78. The molecule has 106 valence electrons. The van der Waals surface area contributed by atoms with Crippen molar-refractivity contribution in [1.29, 1.82) is 0 Å². The van der Waals surface area contributed by atoms with Crippen LogP contribution in [0.3, 0.4) is 0 Å². The molecule has 1 aromatic carbocycles. The number of piperazine rings is 1. The van der Waals surface area contributed by atoms with Crippen LogP contribution in [0.25, 0.3) is 10.9 Å². The zero-order valence-corrected chi connectivity index (χ0v) is 12.2. The lowest BCUT2D eigenvalue weighted by atomic mass is 10.0. The third kappa shape index (κ3) is 2.84. The molecule has 1 atom stereocenters. The number of fused-ring (bicyclic) bond motifs is 1. The summed E-state index contributed by atoms with van der Waals surface area (Å²) < 4.78 is 0. The number of benzene rings is 1. The maximum atomic E-state index is 4.91. The summed E-state index contributed by atoms with van der Waals surface area (Å²) in [7, 11) is 0. The van der Waals surface area contributed by atoms with Gasteiger partial charge >= 0.3 is 0 Å². The minimum atomic E-state index is 0.465. The monoisotopic (exact) mass is 269 g/mol. The summed E-state index contributed by atoms with van der Waals surface area (Å²) in [5.74, 6) is 0. The predicted octanol–water partition coefficient (Wildman–Crippen LogP) is 2.98. The fraction of sp³-hybridized carbons (Fsp3) is 0.471. The number of nitrogens with zero attached hydrogens (tertiary/aromatic N) is 2. The van der Waals surface area contributed by atoms with Crippen molar-refractivity contribution < 1.29 is 0 Å². The Morgan fingerprint density at radius 2 is 1.95 bits per heavy atom. The number of pyridine rings is 1. The zero-order valence-electron chi connectivity index (χ0n) is 12.2. The summed E-state index contributed by atoms with van der Waals surface area (Å²) in [6, 6.07) is 13.3. The van der Waals surface area contributed by atoms with Crippen LogP contribution in [0.15, 0.2) is 36.4 Å². The third-order valence-electron chi connectivity index (χ3n) is 4.12. The molecule has 0 radical (unpaired) electrons. The first-order chi connectivity index (χ1) is 9.88. The summed E-state index contributed by atoms with van der Waals surface area (Å²) >= 11 is 0. The van der Waals surface area contributed by atoms with Gasteiger partial charge in [-0.15, -0.1) is 0 Å². The van der Waals surface area contributed by atoms with Gasteiger partial charge < -0.3 is 5.32 Å². The van der Waals surface area contributed by atoms with Crippen molar-refractivity contribution in [3.63, 3.8) is 0 Å². The topological polar surface area (TPSA) is 28.2 Å².